The number of pyridine rings is 1. The Morgan fingerprint density at radius 1 is 1.30 bits per heavy atom. The van der Waals surface area contributed by atoms with E-state index >= 15 is 0 Å². The van der Waals surface area contributed by atoms with Crippen LogP contribution in [0, 0.1) is 16.0 Å². The van der Waals surface area contributed by atoms with Gasteiger partial charge < -0.3 is 5.32 Å². The lowest BCUT2D eigenvalue weighted by Gasteiger charge is -2.31. The normalized spacial score (nSPS) is 15.4. The van der Waals surface area contributed by atoms with Gasteiger partial charge in [-0.25, -0.2) is 0 Å². The molecule has 2 heterocycles. The van der Waals surface area contributed by atoms with Crippen LogP contribution in [0.25, 0.3) is 0 Å². The molecule has 7 nitrogen and oxygen atoms in total. The van der Waals surface area contributed by atoms with E-state index < -0.39 is 4.92 Å². The fraction of sp³-hybridized carbons (Fsp3) is 0.368. The van der Waals surface area contributed by atoms with E-state index in [1.54, 1.807) is 6.20 Å². The first-order chi connectivity index (χ1) is 13.0. The molecule has 0 unspecified atom stereocenters. The number of aromatic nitrogens is 1. The number of benzene rings is 1. The van der Waals surface area contributed by atoms with E-state index in [0.717, 1.165) is 38.2 Å². The highest BCUT2D eigenvalue weighted by Crippen LogP contribution is 2.23. The summed E-state index contributed by atoms with van der Waals surface area (Å²) in [7, 11) is 0. The molecular weight excluding hydrogens is 368 g/mol. The number of hydrogen-bond acceptors (Lipinski definition) is 5. The topological polar surface area (TPSA) is 88.4 Å². The van der Waals surface area contributed by atoms with Crippen LogP contribution in [0.15, 0.2) is 42.6 Å². The summed E-state index contributed by atoms with van der Waals surface area (Å²) in [6.07, 6.45) is 3.77. The molecule has 1 aliphatic heterocycles. The zero-order valence-corrected chi connectivity index (χ0v) is 15.6. The van der Waals surface area contributed by atoms with Gasteiger partial charge in [0, 0.05) is 31.4 Å². The van der Waals surface area contributed by atoms with Gasteiger partial charge in [-0.3, -0.25) is 24.8 Å². The third-order valence-electron chi connectivity index (χ3n) is 4.78. The largest absolute Gasteiger partial charge is 0.352 e. The van der Waals surface area contributed by atoms with Crippen LogP contribution in [-0.4, -0.2) is 40.3 Å². The number of nitrogens with zero attached hydrogens (tertiary/aromatic N) is 3. The molecule has 1 aromatic carbocycles. The number of rotatable bonds is 6. The molecule has 0 atom stereocenters. The summed E-state index contributed by atoms with van der Waals surface area (Å²) in [6.45, 7) is 3.28. The van der Waals surface area contributed by atoms with E-state index in [9.17, 15) is 14.9 Å². The van der Waals surface area contributed by atoms with Crippen molar-refractivity contribution in [3.63, 3.8) is 0 Å². The highest BCUT2D eigenvalue weighted by atomic mass is 35.5. The Balaban J connectivity index is 1.48. The van der Waals surface area contributed by atoms with Crippen molar-refractivity contribution < 1.29 is 9.72 Å². The van der Waals surface area contributed by atoms with Crippen LogP contribution in [0.1, 0.15) is 28.9 Å². The predicted molar refractivity (Wildman–Crippen MR) is 103 cm³/mol. The number of nitro benzene ring substituents is 1. The number of amides is 1. The van der Waals surface area contributed by atoms with Crippen molar-refractivity contribution in [2.24, 2.45) is 5.92 Å². The molecule has 0 bridgehead atoms. The van der Waals surface area contributed by atoms with Crippen LogP contribution >= 0.6 is 11.6 Å². The Labute approximate surface area is 162 Å². The maximum absolute atomic E-state index is 12.4. The molecule has 1 amide bonds. The van der Waals surface area contributed by atoms with Gasteiger partial charge in [0.1, 0.15) is 0 Å². The van der Waals surface area contributed by atoms with E-state index in [1.807, 2.05) is 18.2 Å². The standard InChI is InChI=1S/C19H21ClN4O3/c20-18-5-4-16(24(26)27)11-17(18)19(25)22-12-14-6-9-23(10-7-14)13-15-3-1-2-8-21-15/h1-5,8,11,14H,6-7,9-10,12-13H2,(H,22,25). The van der Waals surface area contributed by atoms with Crippen molar-refractivity contribution >= 4 is 23.2 Å². The highest BCUT2D eigenvalue weighted by molar-refractivity contribution is 6.33. The Morgan fingerprint density at radius 2 is 2.07 bits per heavy atom. The first kappa shape index (κ1) is 19.3. The monoisotopic (exact) mass is 388 g/mol. The number of carbonyl (C=O) groups excluding carboxylic acids is 1. The molecule has 0 saturated carbocycles. The zero-order chi connectivity index (χ0) is 19.2. The van der Waals surface area contributed by atoms with E-state index in [0.29, 0.717) is 12.5 Å². The van der Waals surface area contributed by atoms with Crippen LogP contribution in [-0.2, 0) is 6.54 Å². The quantitative estimate of drug-likeness (QED) is 0.606. The number of nitro groups is 1. The van der Waals surface area contributed by atoms with Gasteiger partial charge in [-0.1, -0.05) is 17.7 Å². The van der Waals surface area contributed by atoms with E-state index in [4.69, 9.17) is 11.6 Å². The van der Waals surface area contributed by atoms with Gasteiger partial charge >= 0.3 is 0 Å². The first-order valence-corrected chi connectivity index (χ1v) is 9.25. The summed E-state index contributed by atoms with van der Waals surface area (Å²) in [5, 5.41) is 14.0. The van der Waals surface area contributed by atoms with Crippen LogP contribution in [0.5, 0.6) is 0 Å². The molecule has 3 rings (SSSR count). The molecule has 1 fully saturated rings. The van der Waals surface area contributed by atoms with Crippen LogP contribution in [0.4, 0.5) is 5.69 Å². The van der Waals surface area contributed by atoms with Gasteiger partial charge in [-0.15, -0.1) is 0 Å². The summed E-state index contributed by atoms with van der Waals surface area (Å²) in [4.78, 5) is 29.4. The number of carbonyl (C=O) groups is 1. The molecular formula is C19H21ClN4O3. The van der Waals surface area contributed by atoms with Crippen LogP contribution in [0.3, 0.4) is 0 Å². The van der Waals surface area contributed by atoms with Crippen molar-refractivity contribution in [2.75, 3.05) is 19.6 Å². The van der Waals surface area contributed by atoms with Crippen molar-refractivity contribution in [3.05, 3.63) is 69.0 Å². The zero-order valence-electron chi connectivity index (χ0n) is 14.8. The van der Waals surface area contributed by atoms with E-state index in [-0.39, 0.29) is 22.2 Å². The van der Waals surface area contributed by atoms with Gasteiger partial charge in [0.25, 0.3) is 11.6 Å². The van der Waals surface area contributed by atoms with Crippen molar-refractivity contribution in [1.82, 2.24) is 15.2 Å². The molecule has 27 heavy (non-hydrogen) atoms. The second-order valence-corrected chi connectivity index (χ2v) is 7.08. The minimum Gasteiger partial charge on any atom is -0.352 e. The number of likely N-dealkylation sites (tertiary alicyclic amines) is 1. The molecule has 1 N–H and O–H groups in total. The molecule has 8 heteroatoms. The van der Waals surface area contributed by atoms with E-state index in [2.05, 4.69) is 15.2 Å². The molecule has 142 valence electrons. The summed E-state index contributed by atoms with van der Waals surface area (Å²) in [6, 6.07) is 9.80. The average molecular weight is 389 g/mol. The van der Waals surface area contributed by atoms with Crippen molar-refractivity contribution in [1.29, 1.82) is 0 Å². The van der Waals surface area contributed by atoms with Crippen molar-refractivity contribution in [2.45, 2.75) is 19.4 Å². The molecule has 1 saturated heterocycles. The van der Waals surface area contributed by atoms with Gasteiger partial charge in [0.05, 0.1) is 21.2 Å². The highest BCUT2D eigenvalue weighted by Gasteiger charge is 2.21. The fourth-order valence-electron chi connectivity index (χ4n) is 3.20. The third kappa shape index (κ3) is 5.24. The summed E-state index contributed by atoms with van der Waals surface area (Å²) >= 11 is 6.02. The van der Waals surface area contributed by atoms with Crippen LogP contribution in [0.2, 0.25) is 5.02 Å². The molecule has 0 aliphatic carbocycles. The smallest absolute Gasteiger partial charge is 0.270 e. The summed E-state index contributed by atoms with van der Waals surface area (Å²) < 4.78 is 0. The average Bonchev–Trinajstić information content (AvgIpc) is 2.68. The number of hydrogen-bond donors (Lipinski definition) is 1. The van der Waals surface area contributed by atoms with Gasteiger partial charge in [-0.2, -0.15) is 0 Å². The summed E-state index contributed by atoms with van der Waals surface area (Å²) in [5.41, 5.74) is 1.05. The fourth-order valence-corrected chi connectivity index (χ4v) is 3.41. The Hall–Kier alpha value is -2.51. The molecule has 0 spiro atoms. The van der Waals surface area contributed by atoms with E-state index in [1.165, 1.54) is 18.2 Å². The lowest BCUT2D eigenvalue weighted by Crippen LogP contribution is -2.38. The van der Waals surface area contributed by atoms with Gasteiger partial charge in [-0.05, 0) is 50.0 Å². The third-order valence-corrected chi connectivity index (χ3v) is 5.11. The lowest BCUT2D eigenvalue weighted by atomic mass is 9.96. The summed E-state index contributed by atoms with van der Waals surface area (Å²) in [5.74, 6) is 0.00558. The predicted octanol–water partition coefficient (Wildman–Crippen LogP) is 3.29. The number of non-ortho nitro benzene ring substituents is 1. The van der Waals surface area contributed by atoms with Gasteiger partial charge in [0.2, 0.25) is 0 Å². The molecule has 0 radical (unpaired) electrons. The number of piperidine rings is 1. The first-order valence-electron chi connectivity index (χ1n) is 8.87. The van der Waals surface area contributed by atoms with Crippen LogP contribution < -0.4 is 5.32 Å². The Morgan fingerprint density at radius 3 is 2.74 bits per heavy atom. The second kappa shape index (κ2) is 8.92. The molecule has 1 aromatic heterocycles. The molecule has 1 aliphatic rings. The second-order valence-electron chi connectivity index (χ2n) is 6.67. The maximum Gasteiger partial charge on any atom is 0.270 e. The number of nitrogens with one attached hydrogen (secondary N) is 1. The van der Waals surface area contributed by atoms with Gasteiger partial charge in [0.15, 0.2) is 0 Å². The lowest BCUT2D eigenvalue weighted by molar-refractivity contribution is -0.384. The maximum atomic E-state index is 12.4. The Kier molecular flexibility index (Phi) is 6.36. The Bertz CT molecular complexity index is 808. The minimum atomic E-state index is -0.537. The number of halogens is 1. The minimum absolute atomic E-state index is 0.137. The van der Waals surface area contributed by atoms with Crippen molar-refractivity contribution in [3.8, 4) is 0 Å². The SMILES string of the molecule is O=C(NCC1CCN(Cc2ccccn2)CC1)c1cc([N+](=O)[O-])ccc1Cl. The molecule has 2 aromatic rings.